The normalized spacial score (nSPS) is 13.5. The second kappa shape index (κ2) is 7.19. The van der Waals surface area contributed by atoms with Gasteiger partial charge in [-0.05, 0) is 42.7 Å². The summed E-state index contributed by atoms with van der Waals surface area (Å²) in [5, 5.41) is 7.15. The zero-order valence-electron chi connectivity index (χ0n) is 14.6. The largest absolute Gasteiger partial charge is 0.351 e. The first-order valence-electron chi connectivity index (χ1n) is 8.88. The summed E-state index contributed by atoms with van der Waals surface area (Å²) in [7, 11) is 0. The van der Waals surface area contributed by atoms with E-state index in [0.717, 1.165) is 24.1 Å². The Kier molecular flexibility index (Phi) is 4.58. The predicted molar refractivity (Wildman–Crippen MR) is 98.0 cm³/mol. The van der Waals surface area contributed by atoms with Crippen LogP contribution in [-0.4, -0.2) is 20.3 Å². The molecule has 1 fully saturated rings. The third-order valence-electron chi connectivity index (χ3n) is 4.52. The van der Waals surface area contributed by atoms with Crippen LogP contribution in [0, 0.1) is 5.82 Å². The first-order valence-corrected chi connectivity index (χ1v) is 8.88. The molecule has 0 spiro atoms. The monoisotopic (exact) mass is 366 g/mol. The van der Waals surface area contributed by atoms with Crippen LogP contribution in [0.2, 0.25) is 0 Å². The Labute approximate surface area is 155 Å². The molecule has 138 valence electrons. The van der Waals surface area contributed by atoms with Gasteiger partial charge in [0.1, 0.15) is 18.2 Å². The van der Waals surface area contributed by atoms with Crippen molar-refractivity contribution < 1.29 is 9.18 Å². The van der Waals surface area contributed by atoms with E-state index in [2.05, 4.69) is 10.4 Å². The van der Waals surface area contributed by atoms with Crippen molar-refractivity contribution >= 4 is 5.91 Å². The molecule has 0 saturated heterocycles. The molecule has 1 aromatic heterocycles. The third-order valence-corrected chi connectivity index (χ3v) is 4.52. The summed E-state index contributed by atoms with van der Waals surface area (Å²) < 4.78 is 15.7. The quantitative estimate of drug-likeness (QED) is 0.728. The van der Waals surface area contributed by atoms with E-state index in [4.69, 9.17) is 0 Å². The second-order valence-electron chi connectivity index (χ2n) is 6.65. The lowest BCUT2D eigenvalue weighted by molar-refractivity contribution is -0.122. The number of hydrogen-bond donors (Lipinski definition) is 1. The number of carbonyl (C=O) groups is 1. The van der Waals surface area contributed by atoms with Gasteiger partial charge in [-0.1, -0.05) is 30.3 Å². The van der Waals surface area contributed by atoms with Crippen LogP contribution >= 0.6 is 0 Å². The van der Waals surface area contributed by atoms with Crippen molar-refractivity contribution in [3.8, 4) is 5.69 Å². The van der Waals surface area contributed by atoms with Crippen LogP contribution in [0.5, 0.6) is 0 Å². The van der Waals surface area contributed by atoms with Gasteiger partial charge in [-0.15, -0.1) is 0 Å². The molecular weight excluding hydrogens is 347 g/mol. The highest BCUT2D eigenvalue weighted by atomic mass is 19.1. The Balaban J connectivity index is 1.51. The van der Waals surface area contributed by atoms with Crippen molar-refractivity contribution in [3.63, 3.8) is 0 Å². The van der Waals surface area contributed by atoms with Gasteiger partial charge in [-0.25, -0.2) is 18.4 Å². The summed E-state index contributed by atoms with van der Waals surface area (Å²) in [6.07, 6.45) is 2.00. The molecule has 1 aliphatic carbocycles. The molecule has 6 nitrogen and oxygen atoms in total. The summed E-state index contributed by atoms with van der Waals surface area (Å²) in [6, 6.07) is 15.2. The molecule has 1 saturated carbocycles. The maximum Gasteiger partial charge on any atom is 0.351 e. The smallest absolute Gasteiger partial charge is 0.350 e. The molecule has 0 unspecified atom stereocenters. The maximum atomic E-state index is 12.9. The molecule has 0 radical (unpaired) electrons. The summed E-state index contributed by atoms with van der Waals surface area (Å²) in [5.41, 5.74) is 1.22. The van der Waals surface area contributed by atoms with Crippen LogP contribution in [-0.2, 0) is 17.9 Å². The molecule has 27 heavy (non-hydrogen) atoms. The van der Waals surface area contributed by atoms with Crippen molar-refractivity contribution in [2.45, 2.75) is 31.8 Å². The van der Waals surface area contributed by atoms with Crippen LogP contribution in [0.25, 0.3) is 5.69 Å². The third kappa shape index (κ3) is 3.81. The Hall–Kier alpha value is -3.22. The number of rotatable bonds is 6. The fraction of sp³-hybridized carbons (Fsp3) is 0.250. The molecule has 3 aromatic rings. The number of hydrogen-bond acceptors (Lipinski definition) is 3. The van der Waals surface area contributed by atoms with Gasteiger partial charge >= 0.3 is 5.69 Å². The first-order chi connectivity index (χ1) is 13.1. The van der Waals surface area contributed by atoms with Crippen molar-refractivity contribution in [2.24, 2.45) is 0 Å². The number of nitrogens with one attached hydrogen (secondary N) is 1. The van der Waals surface area contributed by atoms with Crippen molar-refractivity contribution in [2.75, 3.05) is 0 Å². The zero-order valence-corrected chi connectivity index (χ0v) is 14.6. The molecule has 1 aliphatic rings. The maximum absolute atomic E-state index is 12.9. The average molecular weight is 366 g/mol. The standard InChI is InChI=1S/C20H19FN4O2/c21-16-10-6-14(7-11-16)12-22-18(26)13-24-20(27)25(17-4-2-1-3-5-17)19(23-24)15-8-9-15/h1-7,10-11,15H,8-9,12-13H2,(H,22,26). The van der Waals surface area contributed by atoms with Crippen LogP contribution in [0.3, 0.4) is 0 Å². The van der Waals surface area contributed by atoms with E-state index in [9.17, 15) is 14.0 Å². The van der Waals surface area contributed by atoms with E-state index in [0.29, 0.717) is 5.82 Å². The topological polar surface area (TPSA) is 68.9 Å². The highest BCUT2D eigenvalue weighted by Gasteiger charge is 2.31. The molecule has 1 N–H and O–H groups in total. The number of carbonyl (C=O) groups excluding carboxylic acids is 1. The highest BCUT2D eigenvalue weighted by molar-refractivity contribution is 5.75. The first kappa shape index (κ1) is 17.2. The van der Waals surface area contributed by atoms with E-state index in [1.165, 1.54) is 16.8 Å². The fourth-order valence-electron chi connectivity index (χ4n) is 2.95. The van der Waals surface area contributed by atoms with E-state index >= 15 is 0 Å². The highest BCUT2D eigenvalue weighted by Crippen LogP contribution is 2.39. The number of nitrogens with zero attached hydrogens (tertiary/aromatic N) is 3. The summed E-state index contributed by atoms with van der Waals surface area (Å²) in [6.45, 7) is 0.113. The zero-order chi connectivity index (χ0) is 18.8. The van der Waals surface area contributed by atoms with Gasteiger partial charge < -0.3 is 5.32 Å². The molecule has 7 heteroatoms. The molecular formula is C20H19FN4O2. The molecule has 0 aliphatic heterocycles. The summed E-state index contributed by atoms with van der Waals surface area (Å²) in [4.78, 5) is 25.1. The predicted octanol–water partition coefficient (Wildman–Crippen LogP) is 2.37. The minimum absolute atomic E-state index is 0.153. The van der Waals surface area contributed by atoms with Crippen molar-refractivity contribution in [1.29, 1.82) is 0 Å². The van der Waals surface area contributed by atoms with Gasteiger partial charge in [0, 0.05) is 12.5 Å². The number of halogens is 1. The average Bonchev–Trinajstić information content (AvgIpc) is 3.47. The fourth-order valence-corrected chi connectivity index (χ4v) is 2.95. The van der Waals surface area contributed by atoms with E-state index in [1.807, 2.05) is 30.3 Å². The van der Waals surface area contributed by atoms with Gasteiger partial charge in [-0.3, -0.25) is 4.79 Å². The van der Waals surface area contributed by atoms with Gasteiger partial charge in [0.2, 0.25) is 5.91 Å². The second-order valence-corrected chi connectivity index (χ2v) is 6.65. The van der Waals surface area contributed by atoms with Gasteiger partial charge in [0.15, 0.2) is 0 Å². The van der Waals surface area contributed by atoms with E-state index < -0.39 is 0 Å². The Morgan fingerprint density at radius 2 is 1.81 bits per heavy atom. The van der Waals surface area contributed by atoms with Gasteiger partial charge in [0.05, 0.1) is 5.69 Å². The molecule has 1 heterocycles. The molecule has 2 aromatic carbocycles. The lowest BCUT2D eigenvalue weighted by atomic mass is 10.2. The Morgan fingerprint density at radius 3 is 2.48 bits per heavy atom. The van der Waals surface area contributed by atoms with Gasteiger partial charge in [-0.2, -0.15) is 5.10 Å². The lowest BCUT2D eigenvalue weighted by Crippen LogP contribution is -2.33. The lowest BCUT2D eigenvalue weighted by Gasteiger charge is -2.05. The van der Waals surface area contributed by atoms with Crippen LogP contribution in [0.4, 0.5) is 4.39 Å². The van der Waals surface area contributed by atoms with Gasteiger partial charge in [0.25, 0.3) is 0 Å². The number of aromatic nitrogens is 3. The molecule has 0 bridgehead atoms. The van der Waals surface area contributed by atoms with Crippen molar-refractivity contribution in [3.05, 3.63) is 82.3 Å². The molecule has 0 atom stereocenters. The Bertz CT molecular complexity index is 1000. The molecule has 4 rings (SSSR count). The summed E-state index contributed by atoms with van der Waals surface area (Å²) in [5.74, 6) is 0.330. The minimum atomic E-state index is -0.323. The summed E-state index contributed by atoms with van der Waals surface area (Å²) >= 11 is 0. The van der Waals surface area contributed by atoms with Crippen molar-refractivity contribution in [1.82, 2.24) is 19.7 Å². The Morgan fingerprint density at radius 1 is 1.11 bits per heavy atom. The number of amides is 1. The van der Waals surface area contributed by atoms with E-state index in [1.54, 1.807) is 16.7 Å². The SMILES string of the molecule is O=C(Cn1nc(C2CC2)n(-c2ccccc2)c1=O)NCc1ccc(F)cc1. The van der Waals surface area contributed by atoms with Crippen LogP contribution < -0.4 is 11.0 Å². The number of benzene rings is 2. The molecule has 1 amide bonds. The van der Waals surface area contributed by atoms with E-state index in [-0.39, 0.29) is 36.4 Å². The van der Waals surface area contributed by atoms with Crippen LogP contribution in [0.1, 0.15) is 30.1 Å². The van der Waals surface area contributed by atoms with Crippen LogP contribution in [0.15, 0.2) is 59.4 Å². The number of para-hydroxylation sites is 1. The minimum Gasteiger partial charge on any atom is -0.350 e.